The second kappa shape index (κ2) is 8.24. The molecule has 2 heterocycles. The van der Waals surface area contributed by atoms with Gasteiger partial charge in [-0.3, -0.25) is 4.79 Å². The fourth-order valence-corrected chi connectivity index (χ4v) is 3.68. The number of hydrogen-bond donors (Lipinski definition) is 2. The molecule has 2 N–H and O–H groups in total. The number of methoxy groups -OCH3 is 2. The highest BCUT2D eigenvalue weighted by Crippen LogP contribution is 2.40. The fraction of sp³-hybridized carbons (Fsp3) is 0.174. The molecule has 0 fully saturated rings. The van der Waals surface area contributed by atoms with Crippen LogP contribution < -0.4 is 20.1 Å². The van der Waals surface area contributed by atoms with Crippen molar-refractivity contribution in [3.8, 4) is 17.6 Å². The molecule has 0 saturated heterocycles. The van der Waals surface area contributed by atoms with Crippen molar-refractivity contribution >= 4 is 17.4 Å². The summed E-state index contributed by atoms with van der Waals surface area (Å²) in [6.07, 6.45) is 1.49. The lowest BCUT2D eigenvalue weighted by molar-refractivity contribution is -0.113. The van der Waals surface area contributed by atoms with E-state index in [-0.39, 0.29) is 5.91 Å². The fourth-order valence-electron chi connectivity index (χ4n) is 3.68. The van der Waals surface area contributed by atoms with Crippen LogP contribution in [0.15, 0.2) is 66.0 Å². The molecule has 0 spiro atoms. The van der Waals surface area contributed by atoms with Crippen LogP contribution in [0.5, 0.6) is 11.5 Å². The number of para-hydroxylation sites is 1. The zero-order valence-corrected chi connectivity index (χ0v) is 17.3. The molecule has 0 bridgehead atoms. The number of carbonyl (C=O) groups excluding carboxylic acids is 1. The summed E-state index contributed by atoms with van der Waals surface area (Å²) in [4.78, 5) is 13.4. The molecule has 156 valence electrons. The van der Waals surface area contributed by atoms with Crippen molar-refractivity contribution in [1.82, 2.24) is 9.78 Å². The monoisotopic (exact) mass is 415 g/mol. The number of nitrogens with one attached hydrogen (secondary N) is 2. The van der Waals surface area contributed by atoms with Gasteiger partial charge < -0.3 is 20.1 Å². The summed E-state index contributed by atoms with van der Waals surface area (Å²) in [5, 5.41) is 20.0. The van der Waals surface area contributed by atoms with Crippen LogP contribution in [0.1, 0.15) is 24.1 Å². The van der Waals surface area contributed by atoms with Crippen LogP contribution in [0.2, 0.25) is 0 Å². The summed E-state index contributed by atoms with van der Waals surface area (Å²) in [6, 6.07) is 16.3. The van der Waals surface area contributed by atoms with Gasteiger partial charge in [0.25, 0.3) is 5.91 Å². The van der Waals surface area contributed by atoms with E-state index in [9.17, 15) is 10.1 Å². The molecule has 8 heteroatoms. The highest BCUT2D eigenvalue weighted by atomic mass is 16.5. The molecule has 8 nitrogen and oxygen atoms in total. The Morgan fingerprint density at radius 3 is 2.58 bits per heavy atom. The number of nitrogens with zero attached hydrogens (tertiary/aromatic N) is 3. The Balaban J connectivity index is 1.84. The van der Waals surface area contributed by atoms with Crippen LogP contribution in [0.25, 0.3) is 0 Å². The van der Waals surface area contributed by atoms with Gasteiger partial charge in [-0.25, -0.2) is 4.68 Å². The van der Waals surface area contributed by atoms with Crippen LogP contribution in [-0.4, -0.2) is 29.9 Å². The summed E-state index contributed by atoms with van der Waals surface area (Å²) in [5.74, 6) is 1.38. The average Bonchev–Trinajstić information content (AvgIpc) is 3.20. The number of amides is 1. The van der Waals surface area contributed by atoms with Crippen LogP contribution in [0.4, 0.5) is 11.5 Å². The van der Waals surface area contributed by atoms with E-state index in [0.717, 1.165) is 5.56 Å². The molecule has 1 amide bonds. The van der Waals surface area contributed by atoms with E-state index < -0.39 is 6.04 Å². The predicted octanol–water partition coefficient (Wildman–Crippen LogP) is 3.70. The first-order valence-corrected chi connectivity index (χ1v) is 9.61. The van der Waals surface area contributed by atoms with Gasteiger partial charge >= 0.3 is 0 Å². The van der Waals surface area contributed by atoms with Gasteiger partial charge in [0.1, 0.15) is 23.5 Å². The minimum atomic E-state index is -0.568. The van der Waals surface area contributed by atoms with Gasteiger partial charge in [0.15, 0.2) is 11.5 Å². The molecule has 31 heavy (non-hydrogen) atoms. The van der Waals surface area contributed by atoms with Gasteiger partial charge in [0.2, 0.25) is 0 Å². The summed E-state index contributed by atoms with van der Waals surface area (Å²) >= 11 is 0. The van der Waals surface area contributed by atoms with E-state index >= 15 is 0 Å². The van der Waals surface area contributed by atoms with Crippen LogP contribution in [0.3, 0.4) is 0 Å². The SMILES string of the molecule is COc1ccc([C@@H]2C(C(=O)Nc3ccccc3)=C(C)Nc3c(C#N)cnn32)cc1OC. The third-order valence-corrected chi connectivity index (χ3v) is 5.14. The number of hydrogen-bond acceptors (Lipinski definition) is 6. The molecule has 0 aliphatic carbocycles. The normalized spacial score (nSPS) is 14.8. The lowest BCUT2D eigenvalue weighted by Crippen LogP contribution is -2.31. The van der Waals surface area contributed by atoms with E-state index in [0.29, 0.717) is 39.8 Å². The summed E-state index contributed by atoms with van der Waals surface area (Å²) < 4.78 is 12.5. The number of anilines is 2. The number of benzene rings is 2. The predicted molar refractivity (Wildman–Crippen MR) is 116 cm³/mol. The Hall–Kier alpha value is -4.25. The minimum Gasteiger partial charge on any atom is -0.493 e. The number of rotatable bonds is 5. The molecule has 1 aliphatic rings. The largest absolute Gasteiger partial charge is 0.493 e. The third-order valence-electron chi connectivity index (χ3n) is 5.14. The van der Waals surface area contributed by atoms with Crippen molar-refractivity contribution in [2.75, 3.05) is 24.9 Å². The van der Waals surface area contributed by atoms with Crippen molar-refractivity contribution in [1.29, 1.82) is 5.26 Å². The van der Waals surface area contributed by atoms with Crippen molar-refractivity contribution < 1.29 is 14.3 Å². The Bertz CT molecular complexity index is 1210. The number of carbonyl (C=O) groups is 1. The number of allylic oxidation sites excluding steroid dienone is 1. The van der Waals surface area contributed by atoms with E-state index in [4.69, 9.17) is 9.47 Å². The number of aromatic nitrogens is 2. The van der Waals surface area contributed by atoms with E-state index in [2.05, 4.69) is 21.8 Å². The van der Waals surface area contributed by atoms with E-state index in [1.807, 2.05) is 49.4 Å². The highest BCUT2D eigenvalue weighted by Gasteiger charge is 2.34. The smallest absolute Gasteiger partial charge is 0.255 e. The summed E-state index contributed by atoms with van der Waals surface area (Å²) in [7, 11) is 3.12. The number of fused-ring (bicyclic) bond motifs is 1. The zero-order valence-electron chi connectivity index (χ0n) is 17.3. The quantitative estimate of drug-likeness (QED) is 0.659. The lowest BCUT2D eigenvalue weighted by Gasteiger charge is -2.30. The summed E-state index contributed by atoms with van der Waals surface area (Å²) in [5.41, 5.74) is 2.97. The second-order valence-corrected chi connectivity index (χ2v) is 6.96. The standard InChI is InChI=1S/C23H21N5O3/c1-14-20(23(29)27-17-7-5-4-6-8-17)21(28-22(26-14)16(12-24)13-25-28)15-9-10-18(30-2)19(11-15)31-3/h4-11,13,21,26H,1-3H3,(H,27,29)/t21-/m1/s1. The Morgan fingerprint density at radius 1 is 1.16 bits per heavy atom. The van der Waals surface area contributed by atoms with Crippen LogP contribution >= 0.6 is 0 Å². The maximum atomic E-state index is 13.4. The topological polar surface area (TPSA) is 101 Å². The van der Waals surface area contributed by atoms with Crippen LogP contribution in [0, 0.1) is 11.3 Å². The van der Waals surface area contributed by atoms with Crippen LogP contribution in [-0.2, 0) is 4.79 Å². The van der Waals surface area contributed by atoms with Gasteiger partial charge in [-0.15, -0.1) is 0 Å². The van der Waals surface area contributed by atoms with Crippen molar-refractivity contribution in [3.63, 3.8) is 0 Å². The molecule has 3 aromatic rings. The van der Waals surface area contributed by atoms with Gasteiger partial charge in [0, 0.05) is 11.4 Å². The van der Waals surface area contributed by atoms with Crippen molar-refractivity contribution in [2.24, 2.45) is 0 Å². The Labute approximate surface area is 179 Å². The molecule has 1 atom stereocenters. The maximum Gasteiger partial charge on any atom is 0.255 e. The van der Waals surface area contributed by atoms with Gasteiger partial charge in [0.05, 0.1) is 26.0 Å². The molecule has 1 aliphatic heterocycles. The molecule has 0 saturated carbocycles. The zero-order chi connectivity index (χ0) is 22.0. The molecule has 1 aromatic heterocycles. The summed E-state index contributed by atoms with van der Waals surface area (Å²) in [6.45, 7) is 1.81. The lowest BCUT2D eigenvalue weighted by atomic mass is 9.94. The number of ether oxygens (including phenoxy) is 2. The molecular formula is C23H21N5O3. The molecule has 4 rings (SSSR count). The van der Waals surface area contributed by atoms with E-state index in [1.165, 1.54) is 6.20 Å². The van der Waals surface area contributed by atoms with Crippen molar-refractivity contribution in [2.45, 2.75) is 13.0 Å². The van der Waals surface area contributed by atoms with Gasteiger partial charge in [-0.2, -0.15) is 10.4 Å². The molecule has 0 radical (unpaired) electrons. The minimum absolute atomic E-state index is 0.268. The van der Waals surface area contributed by atoms with Crippen molar-refractivity contribution in [3.05, 3.63) is 77.1 Å². The van der Waals surface area contributed by atoms with Gasteiger partial charge in [-0.1, -0.05) is 24.3 Å². The van der Waals surface area contributed by atoms with Gasteiger partial charge in [-0.05, 0) is 36.8 Å². The first kappa shape index (κ1) is 20.0. The maximum absolute atomic E-state index is 13.4. The van der Waals surface area contributed by atoms with E-state index in [1.54, 1.807) is 25.0 Å². The Kier molecular flexibility index (Phi) is 5.33. The average molecular weight is 415 g/mol. The molecule has 2 aromatic carbocycles. The second-order valence-electron chi connectivity index (χ2n) is 6.96. The number of nitriles is 1. The molecule has 0 unspecified atom stereocenters. The first-order valence-electron chi connectivity index (χ1n) is 9.61. The Morgan fingerprint density at radius 2 is 1.90 bits per heavy atom. The molecular weight excluding hydrogens is 394 g/mol. The highest BCUT2D eigenvalue weighted by molar-refractivity contribution is 6.06. The first-order chi connectivity index (χ1) is 15.1. The third kappa shape index (κ3) is 3.57.